The number of rotatable bonds is 7. The molecule has 0 unspecified atom stereocenters. The van der Waals surface area contributed by atoms with Crippen LogP contribution in [0.2, 0.25) is 0 Å². The van der Waals surface area contributed by atoms with Crippen LogP contribution >= 0.6 is 11.8 Å². The number of nitrogens with zero attached hydrogens (tertiary/aromatic N) is 1. The second kappa shape index (κ2) is 8.53. The molecule has 0 bridgehead atoms. The molecule has 3 nitrogen and oxygen atoms in total. The van der Waals surface area contributed by atoms with Crippen molar-refractivity contribution in [3.63, 3.8) is 0 Å². The Morgan fingerprint density at radius 3 is 2.79 bits per heavy atom. The first-order valence-electron chi connectivity index (χ1n) is 5.52. The zero-order valence-corrected chi connectivity index (χ0v) is 9.94. The van der Waals surface area contributed by atoms with Crippen LogP contribution < -0.4 is 5.32 Å². The van der Waals surface area contributed by atoms with E-state index < -0.39 is 0 Å². The van der Waals surface area contributed by atoms with Gasteiger partial charge in [-0.1, -0.05) is 0 Å². The van der Waals surface area contributed by atoms with Gasteiger partial charge in [0.1, 0.15) is 0 Å². The number of hydrogen-bond acceptors (Lipinski definition) is 4. The molecule has 1 heterocycles. The van der Waals surface area contributed by atoms with Crippen molar-refractivity contribution in [2.75, 3.05) is 57.4 Å². The van der Waals surface area contributed by atoms with E-state index in [9.17, 15) is 0 Å². The van der Waals surface area contributed by atoms with Crippen molar-refractivity contribution >= 4 is 11.8 Å². The molecule has 1 aliphatic rings. The molecule has 0 aromatic carbocycles. The minimum atomic E-state index is 0.824. The van der Waals surface area contributed by atoms with E-state index in [1.165, 1.54) is 31.1 Å². The minimum Gasteiger partial charge on any atom is -0.380 e. The van der Waals surface area contributed by atoms with Crippen LogP contribution in [0.4, 0.5) is 0 Å². The van der Waals surface area contributed by atoms with Crippen molar-refractivity contribution in [3.8, 4) is 0 Å². The lowest BCUT2D eigenvalue weighted by Gasteiger charge is -2.26. The molecule has 1 saturated heterocycles. The highest BCUT2D eigenvalue weighted by atomic mass is 32.2. The summed E-state index contributed by atoms with van der Waals surface area (Å²) in [6, 6.07) is 0. The summed E-state index contributed by atoms with van der Waals surface area (Å²) < 4.78 is 5.25. The van der Waals surface area contributed by atoms with Gasteiger partial charge in [0, 0.05) is 50.8 Å². The number of ether oxygens (including phenoxy) is 1. The number of nitrogens with one attached hydrogen (secondary N) is 1. The molecule has 0 amide bonds. The predicted octanol–water partition coefficient (Wildman–Crippen LogP) is 0.661. The fourth-order valence-corrected chi connectivity index (χ4v) is 2.45. The van der Waals surface area contributed by atoms with Gasteiger partial charge >= 0.3 is 0 Å². The fraction of sp³-hybridized carbons (Fsp3) is 1.00. The van der Waals surface area contributed by atoms with Crippen LogP contribution in [0, 0.1) is 0 Å². The Morgan fingerprint density at radius 2 is 2.07 bits per heavy atom. The van der Waals surface area contributed by atoms with Gasteiger partial charge in [-0.15, -0.1) is 0 Å². The van der Waals surface area contributed by atoms with E-state index in [2.05, 4.69) is 22.0 Å². The third-order valence-electron chi connectivity index (χ3n) is 2.34. The summed E-state index contributed by atoms with van der Waals surface area (Å²) in [7, 11) is 0. The molecular weight excluding hydrogens is 196 g/mol. The van der Waals surface area contributed by atoms with Crippen molar-refractivity contribution in [2.24, 2.45) is 0 Å². The Hall–Kier alpha value is 0.230. The summed E-state index contributed by atoms with van der Waals surface area (Å²) in [4.78, 5) is 2.53. The maximum atomic E-state index is 5.25. The van der Waals surface area contributed by atoms with Gasteiger partial charge in [0.25, 0.3) is 0 Å². The first kappa shape index (κ1) is 12.3. The maximum Gasteiger partial charge on any atom is 0.0590 e. The minimum absolute atomic E-state index is 0.824. The summed E-state index contributed by atoms with van der Waals surface area (Å²) in [5.41, 5.74) is 0. The zero-order valence-electron chi connectivity index (χ0n) is 9.13. The molecule has 1 aliphatic heterocycles. The summed E-state index contributed by atoms with van der Waals surface area (Å²) in [6.45, 7) is 9.49. The molecule has 0 aromatic rings. The van der Waals surface area contributed by atoms with Crippen LogP contribution in [0.3, 0.4) is 0 Å². The average Bonchev–Trinajstić information content (AvgIpc) is 2.25. The SMILES string of the molecule is CCOCCNCCN1CCSCC1. The van der Waals surface area contributed by atoms with E-state index in [4.69, 9.17) is 4.74 Å². The molecule has 1 fully saturated rings. The van der Waals surface area contributed by atoms with E-state index in [-0.39, 0.29) is 0 Å². The maximum absolute atomic E-state index is 5.25. The van der Waals surface area contributed by atoms with E-state index in [0.717, 1.165) is 26.3 Å². The van der Waals surface area contributed by atoms with Crippen molar-refractivity contribution in [3.05, 3.63) is 0 Å². The van der Waals surface area contributed by atoms with E-state index in [1.54, 1.807) is 0 Å². The molecule has 0 aliphatic carbocycles. The summed E-state index contributed by atoms with van der Waals surface area (Å²) in [5.74, 6) is 2.61. The van der Waals surface area contributed by atoms with Gasteiger partial charge in [0.15, 0.2) is 0 Å². The van der Waals surface area contributed by atoms with Gasteiger partial charge in [-0.25, -0.2) is 0 Å². The normalized spacial score (nSPS) is 18.6. The van der Waals surface area contributed by atoms with Crippen LogP contribution in [-0.4, -0.2) is 62.3 Å². The lowest BCUT2D eigenvalue weighted by atomic mass is 10.4. The van der Waals surface area contributed by atoms with Crippen LogP contribution in [0.25, 0.3) is 0 Å². The molecule has 0 atom stereocenters. The van der Waals surface area contributed by atoms with Gasteiger partial charge in [0.05, 0.1) is 6.61 Å². The monoisotopic (exact) mass is 218 g/mol. The van der Waals surface area contributed by atoms with Crippen molar-refractivity contribution in [1.82, 2.24) is 10.2 Å². The second-order valence-electron chi connectivity index (χ2n) is 3.40. The van der Waals surface area contributed by atoms with E-state index in [1.807, 2.05) is 6.92 Å². The average molecular weight is 218 g/mol. The van der Waals surface area contributed by atoms with Crippen LogP contribution in [0.5, 0.6) is 0 Å². The molecule has 0 aromatic heterocycles. The molecule has 84 valence electrons. The van der Waals surface area contributed by atoms with Crippen molar-refractivity contribution in [2.45, 2.75) is 6.92 Å². The first-order valence-corrected chi connectivity index (χ1v) is 6.67. The highest BCUT2D eigenvalue weighted by molar-refractivity contribution is 7.99. The second-order valence-corrected chi connectivity index (χ2v) is 4.63. The van der Waals surface area contributed by atoms with Gasteiger partial charge in [-0.2, -0.15) is 11.8 Å². The molecular formula is C10H22N2OS. The molecule has 1 rings (SSSR count). The van der Waals surface area contributed by atoms with Gasteiger partial charge in [-0.3, -0.25) is 0 Å². The van der Waals surface area contributed by atoms with Crippen LogP contribution in [0.15, 0.2) is 0 Å². The predicted molar refractivity (Wildman–Crippen MR) is 63.1 cm³/mol. The smallest absolute Gasteiger partial charge is 0.0590 e. The van der Waals surface area contributed by atoms with Gasteiger partial charge in [0.2, 0.25) is 0 Å². The number of thioether (sulfide) groups is 1. The largest absolute Gasteiger partial charge is 0.380 e. The molecule has 1 N–H and O–H groups in total. The number of hydrogen-bond donors (Lipinski definition) is 1. The fourth-order valence-electron chi connectivity index (χ4n) is 1.48. The summed E-state index contributed by atoms with van der Waals surface area (Å²) in [5, 5.41) is 3.39. The van der Waals surface area contributed by atoms with E-state index in [0.29, 0.717) is 0 Å². The molecule has 0 saturated carbocycles. The Bertz CT molecular complexity index is 129. The third-order valence-corrected chi connectivity index (χ3v) is 3.28. The van der Waals surface area contributed by atoms with Crippen LogP contribution in [-0.2, 0) is 4.74 Å². The Morgan fingerprint density at radius 1 is 1.29 bits per heavy atom. The van der Waals surface area contributed by atoms with Crippen molar-refractivity contribution in [1.29, 1.82) is 0 Å². The lowest BCUT2D eigenvalue weighted by molar-refractivity contribution is 0.148. The third kappa shape index (κ3) is 5.86. The Balaban J connectivity index is 1.82. The zero-order chi connectivity index (χ0) is 10.1. The van der Waals surface area contributed by atoms with Crippen LogP contribution in [0.1, 0.15) is 6.92 Å². The summed E-state index contributed by atoms with van der Waals surface area (Å²) in [6.07, 6.45) is 0. The van der Waals surface area contributed by atoms with Crippen molar-refractivity contribution < 1.29 is 4.74 Å². The van der Waals surface area contributed by atoms with E-state index >= 15 is 0 Å². The Labute approximate surface area is 91.6 Å². The highest BCUT2D eigenvalue weighted by Gasteiger charge is 2.08. The topological polar surface area (TPSA) is 24.5 Å². The van der Waals surface area contributed by atoms with Gasteiger partial charge in [-0.05, 0) is 6.92 Å². The van der Waals surface area contributed by atoms with Gasteiger partial charge < -0.3 is 15.0 Å². The molecule has 4 heteroatoms. The highest BCUT2D eigenvalue weighted by Crippen LogP contribution is 2.07. The Kier molecular flexibility index (Phi) is 7.50. The molecule has 0 spiro atoms. The first-order chi connectivity index (χ1) is 6.93. The standard InChI is InChI=1S/C10H22N2OS/c1-2-13-8-4-11-3-5-12-6-9-14-10-7-12/h11H,2-10H2,1H3. The lowest BCUT2D eigenvalue weighted by Crippen LogP contribution is -2.38. The summed E-state index contributed by atoms with van der Waals surface area (Å²) >= 11 is 2.07. The molecule has 14 heavy (non-hydrogen) atoms. The quantitative estimate of drug-likeness (QED) is 0.635. The molecule has 0 radical (unpaired) electrons.